The summed E-state index contributed by atoms with van der Waals surface area (Å²) in [6.45, 7) is 2.29. The summed E-state index contributed by atoms with van der Waals surface area (Å²) in [7, 11) is 0. The van der Waals surface area contributed by atoms with E-state index in [9.17, 15) is 0 Å². The quantitative estimate of drug-likeness (QED) is 0.932. The minimum Gasteiger partial charge on any atom is -0.489 e. The molecule has 0 fully saturated rings. The average molecular weight is 331 g/mol. The molecule has 1 N–H and O–H groups in total. The van der Waals surface area contributed by atoms with Gasteiger partial charge in [0.2, 0.25) is 0 Å². The van der Waals surface area contributed by atoms with Crippen LogP contribution in [-0.2, 0) is 6.61 Å². The van der Waals surface area contributed by atoms with E-state index >= 15 is 0 Å². The molecule has 3 rings (SSSR count). The first-order valence-corrected chi connectivity index (χ1v) is 7.37. The minimum absolute atomic E-state index is 0.535. The second-order valence-corrected chi connectivity index (χ2v) is 5.48. The lowest BCUT2D eigenvalue weighted by Crippen LogP contribution is -2.21. The molecule has 0 aromatic heterocycles. The number of aliphatic imine (C=N–C) groups is 1. The fraction of sp³-hybridized carbons (Fsp3) is 0.188. The van der Waals surface area contributed by atoms with E-state index in [0.29, 0.717) is 6.61 Å². The van der Waals surface area contributed by atoms with Crippen molar-refractivity contribution in [1.82, 2.24) is 5.32 Å². The highest BCUT2D eigenvalue weighted by Crippen LogP contribution is 2.20. The Bertz CT molecular complexity index is 640. The third-order valence-corrected chi connectivity index (χ3v) is 3.63. The van der Waals surface area contributed by atoms with Crippen molar-refractivity contribution in [3.8, 4) is 5.75 Å². The molecule has 3 nitrogen and oxygen atoms in total. The van der Waals surface area contributed by atoms with E-state index in [1.165, 1.54) is 0 Å². The normalized spacial score (nSPS) is 13.8. The number of nitrogens with zero attached hydrogens (tertiary/aromatic N) is 1. The summed E-state index contributed by atoms with van der Waals surface area (Å²) in [5.74, 6) is 1.83. The maximum atomic E-state index is 5.86. The summed E-state index contributed by atoms with van der Waals surface area (Å²) in [6.07, 6.45) is 0. The summed E-state index contributed by atoms with van der Waals surface area (Å²) in [5, 5.41) is 3.31. The van der Waals surface area contributed by atoms with Crippen LogP contribution >= 0.6 is 15.9 Å². The number of benzene rings is 2. The molecule has 0 saturated heterocycles. The molecule has 2 aromatic rings. The van der Waals surface area contributed by atoms with Crippen LogP contribution in [0.2, 0.25) is 0 Å². The number of amidine groups is 1. The number of ether oxygens (including phenoxy) is 1. The molecule has 0 atom stereocenters. The summed E-state index contributed by atoms with van der Waals surface area (Å²) < 4.78 is 6.88. The van der Waals surface area contributed by atoms with Crippen molar-refractivity contribution >= 4 is 21.8 Å². The van der Waals surface area contributed by atoms with Gasteiger partial charge in [-0.3, -0.25) is 4.99 Å². The first-order valence-electron chi connectivity index (χ1n) is 6.58. The van der Waals surface area contributed by atoms with Gasteiger partial charge in [-0.15, -0.1) is 0 Å². The van der Waals surface area contributed by atoms with Crippen LogP contribution < -0.4 is 10.1 Å². The van der Waals surface area contributed by atoms with Gasteiger partial charge in [0.25, 0.3) is 0 Å². The van der Waals surface area contributed by atoms with E-state index in [1.54, 1.807) is 0 Å². The average Bonchev–Trinajstić information content (AvgIpc) is 3.00. The van der Waals surface area contributed by atoms with Crippen molar-refractivity contribution in [1.29, 1.82) is 0 Å². The maximum Gasteiger partial charge on any atom is 0.128 e. The third-order valence-electron chi connectivity index (χ3n) is 3.14. The molecule has 0 saturated carbocycles. The lowest BCUT2D eigenvalue weighted by atomic mass is 10.1. The van der Waals surface area contributed by atoms with Gasteiger partial charge >= 0.3 is 0 Å². The molecule has 1 aliphatic rings. The lowest BCUT2D eigenvalue weighted by molar-refractivity contribution is 0.306. The van der Waals surface area contributed by atoms with Crippen LogP contribution in [-0.4, -0.2) is 18.9 Å². The summed E-state index contributed by atoms with van der Waals surface area (Å²) in [6, 6.07) is 16.1. The third kappa shape index (κ3) is 3.02. The van der Waals surface area contributed by atoms with Crippen molar-refractivity contribution in [3.63, 3.8) is 0 Å². The molecular weight excluding hydrogens is 316 g/mol. The fourth-order valence-electron chi connectivity index (χ4n) is 2.17. The van der Waals surface area contributed by atoms with Gasteiger partial charge in [-0.2, -0.15) is 0 Å². The van der Waals surface area contributed by atoms with E-state index in [2.05, 4.69) is 38.4 Å². The van der Waals surface area contributed by atoms with Crippen molar-refractivity contribution in [2.45, 2.75) is 6.61 Å². The minimum atomic E-state index is 0.535. The van der Waals surface area contributed by atoms with Crippen molar-refractivity contribution in [2.75, 3.05) is 13.1 Å². The highest BCUT2D eigenvalue weighted by molar-refractivity contribution is 9.10. The molecule has 2 aromatic carbocycles. The second kappa shape index (κ2) is 6.09. The Hall–Kier alpha value is -1.81. The van der Waals surface area contributed by atoms with E-state index in [1.807, 2.05) is 36.4 Å². The monoisotopic (exact) mass is 330 g/mol. The van der Waals surface area contributed by atoms with Gasteiger partial charge in [-0.05, 0) is 18.2 Å². The molecule has 20 heavy (non-hydrogen) atoms. The zero-order valence-electron chi connectivity index (χ0n) is 11.0. The molecule has 1 heterocycles. The zero-order valence-corrected chi connectivity index (χ0v) is 12.6. The Morgan fingerprint density at radius 3 is 2.85 bits per heavy atom. The van der Waals surface area contributed by atoms with Gasteiger partial charge in [0.1, 0.15) is 18.2 Å². The van der Waals surface area contributed by atoms with Gasteiger partial charge in [0.05, 0.1) is 6.54 Å². The molecule has 0 bridgehead atoms. The van der Waals surface area contributed by atoms with E-state index in [-0.39, 0.29) is 0 Å². The molecule has 0 spiro atoms. The highest BCUT2D eigenvalue weighted by Gasteiger charge is 2.12. The Morgan fingerprint density at radius 1 is 1.15 bits per heavy atom. The van der Waals surface area contributed by atoms with Gasteiger partial charge in [-0.25, -0.2) is 0 Å². The van der Waals surface area contributed by atoms with Gasteiger partial charge < -0.3 is 10.1 Å². The number of halogens is 1. The van der Waals surface area contributed by atoms with E-state index in [0.717, 1.165) is 40.3 Å². The predicted octanol–water partition coefficient (Wildman–Crippen LogP) is 3.38. The lowest BCUT2D eigenvalue weighted by Gasteiger charge is -2.11. The number of hydrogen-bond donors (Lipinski definition) is 1. The molecule has 0 aliphatic carbocycles. The van der Waals surface area contributed by atoms with Crippen molar-refractivity contribution < 1.29 is 4.74 Å². The fourth-order valence-corrected chi connectivity index (χ4v) is 2.55. The van der Waals surface area contributed by atoms with Gasteiger partial charge in [0.15, 0.2) is 0 Å². The zero-order chi connectivity index (χ0) is 13.8. The van der Waals surface area contributed by atoms with Crippen LogP contribution in [0.15, 0.2) is 58.0 Å². The van der Waals surface area contributed by atoms with Crippen molar-refractivity contribution in [3.05, 3.63) is 64.1 Å². The SMILES string of the molecule is Brc1cccc(OCc2ccccc2C2=NCCN2)c1. The topological polar surface area (TPSA) is 33.6 Å². The van der Waals surface area contributed by atoms with Crippen LogP contribution in [0.5, 0.6) is 5.75 Å². The van der Waals surface area contributed by atoms with E-state index in [4.69, 9.17) is 4.74 Å². The van der Waals surface area contributed by atoms with Gasteiger partial charge in [0, 0.05) is 22.1 Å². The smallest absolute Gasteiger partial charge is 0.128 e. The number of hydrogen-bond acceptors (Lipinski definition) is 3. The summed E-state index contributed by atoms with van der Waals surface area (Å²) in [4.78, 5) is 4.48. The Kier molecular flexibility index (Phi) is 4.02. The van der Waals surface area contributed by atoms with Crippen LogP contribution in [0, 0.1) is 0 Å². The molecule has 0 amide bonds. The van der Waals surface area contributed by atoms with E-state index < -0.39 is 0 Å². The molecule has 0 unspecified atom stereocenters. The predicted molar refractivity (Wildman–Crippen MR) is 84.3 cm³/mol. The van der Waals surface area contributed by atoms with Crippen LogP contribution in [0.1, 0.15) is 11.1 Å². The number of rotatable bonds is 4. The molecule has 4 heteroatoms. The second-order valence-electron chi connectivity index (χ2n) is 4.56. The van der Waals surface area contributed by atoms with Crippen LogP contribution in [0.4, 0.5) is 0 Å². The largest absolute Gasteiger partial charge is 0.489 e. The Balaban J connectivity index is 1.77. The molecule has 0 radical (unpaired) electrons. The first-order chi connectivity index (χ1) is 9.83. The summed E-state index contributed by atoms with van der Waals surface area (Å²) in [5.41, 5.74) is 2.26. The number of nitrogens with one attached hydrogen (secondary N) is 1. The van der Waals surface area contributed by atoms with Crippen LogP contribution in [0.25, 0.3) is 0 Å². The van der Waals surface area contributed by atoms with Crippen LogP contribution in [0.3, 0.4) is 0 Å². The van der Waals surface area contributed by atoms with Gasteiger partial charge in [-0.1, -0.05) is 46.3 Å². The molecular formula is C16H15BrN2O. The molecule has 1 aliphatic heterocycles. The Morgan fingerprint density at radius 2 is 2.05 bits per heavy atom. The van der Waals surface area contributed by atoms with Crippen molar-refractivity contribution in [2.24, 2.45) is 4.99 Å². The Labute approximate surface area is 126 Å². The molecule has 102 valence electrons. The first kappa shape index (κ1) is 13.2. The summed E-state index contributed by atoms with van der Waals surface area (Å²) >= 11 is 3.45. The standard InChI is InChI=1S/C16H15BrN2O/c17-13-5-3-6-14(10-13)20-11-12-4-1-2-7-15(12)16-18-8-9-19-16/h1-7,10H,8-9,11H2,(H,18,19). The highest BCUT2D eigenvalue weighted by atomic mass is 79.9. The maximum absolute atomic E-state index is 5.86.